The maximum Gasteiger partial charge on any atom is 0.330 e. The van der Waals surface area contributed by atoms with Crippen molar-refractivity contribution in [1.29, 1.82) is 0 Å². The molecule has 1 unspecified atom stereocenters. The summed E-state index contributed by atoms with van der Waals surface area (Å²) in [6, 6.07) is 0. The molecule has 1 aliphatic heterocycles. The molecule has 3 atom stereocenters. The van der Waals surface area contributed by atoms with E-state index < -0.39 is 41.7 Å². The molecule has 0 aromatic carbocycles. The summed E-state index contributed by atoms with van der Waals surface area (Å²) in [5.74, 6) is -0.686. The van der Waals surface area contributed by atoms with Crippen molar-refractivity contribution in [3.63, 3.8) is 0 Å². The van der Waals surface area contributed by atoms with Crippen LogP contribution in [0.15, 0.2) is 15.8 Å². The molecule has 9 nitrogen and oxygen atoms in total. The van der Waals surface area contributed by atoms with E-state index in [0.29, 0.717) is 0 Å². The number of amides is 1. The Kier molecular flexibility index (Phi) is 3.99. The summed E-state index contributed by atoms with van der Waals surface area (Å²) >= 11 is 0. The van der Waals surface area contributed by atoms with Gasteiger partial charge in [-0.1, -0.05) is 0 Å². The first-order valence-electron chi connectivity index (χ1n) is 6.36. The molecule has 1 amide bonds. The van der Waals surface area contributed by atoms with E-state index in [2.05, 4.69) is 10.3 Å². The predicted molar refractivity (Wildman–Crippen MR) is 70.7 cm³/mol. The lowest BCUT2D eigenvalue weighted by Crippen LogP contribution is -2.55. The quantitative estimate of drug-likeness (QED) is 0.492. The average molecular weight is 299 g/mol. The van der Waals surface area contributed by atoms with Gasteiger partial charge in [-0.3, -0.25) is 19.1 Å². The Labute approximate surface area is 119 Å². The van der Waals surface area contributed by atoms with E-state index in [9.17, 15) is 24.6 Å². The van der Waals surface area contributed by atoms with E-state index in [1.54, 1.807) is 0 Å². The van der Waals surface area contributed by atoms with Gasteiger partial charge in [0.05, 0.1) is 12.7 Å². The molecule has 0 bridgehead atoms. The highest BCUT2D eigenvalue weighted by atomic mass is 16.6. The number of likely N-dealkylation sites (N-methyl/N-ethyl adjacent to an activating group) is 1. The molecule has 1 saturated heterocycles. The molecule has 0 radical (unpaired) electrons. The van der Waals surface area contributed by atoms with Crippen molar-refractivity contribution < 1.29 is 19.7 Å². The number of ether oxygens (including phenoxy) is 1. The zero-order chi connectivity index (χ0) is 15.8. The number of carbonyl (C=O) groups excluding carboxylic acids is 1. The van der Waals surface area contributed by atoms with Crippen LogP contribution in [0.1, 0.15) is 18.2 Å². The van der Waals surface area contributed by atoms with E-state index in [-0.39, 0.29) is 12.0 Å². The SMILES string of the molecule is CNC(=O)[C@]1(CO)O[C@@H](n2cc(C)c(=O)[nH]c2=O)CC1O. The van der Waals surface area contributed by atoms with Crippen LogP contribution >= 0.6 is 0 Å². The number of aromatic amines is 1. The molecule has 0 saturated carbocycles. The molecule has 21 heavy (non-hydrogen) atoms. The highest BCUT2D eigenvalue weighted by Crippen LogP contribution is 2.36. The van der Waals surface area contributed by atoms with E-state index in [1.807, 2.05) is 0 Å². The van der Waals surface area contributed by atoms with Crippen LogP contribution in [0.5, 0.6) is 0 Å². The minimum Gasteiger partial charge on any atom is -0.393 e. The van der Waals surface area contributed by atoms with Crippen LogP contribution in [-0.2, 0) is 9.53 Å². The number of aliphatic hydroxyl groups excluding tert-OH is 2. The van der Waals surface area contributed by atoms with Gasteiger partial charge >= 0.3 is 5.69 Å². The van der Waals surface area contributed by atoms with Crippen molar-refractivity contribution in [2.24, 2.45) is 0 Å². The lowest BCUT2D eigenvalue weighted by Gasteiger charge is -2.27. The number of aromatic nitrogens is 2. The summed E-state index contributed by atoms with van der Waals surface area (Å²) in [6.45, 7) is 0.777. The number of hydrogen-bond donors (Lipinski definition) is 4. The summed E-state index contributed by atoms with van der Waals surface area (Å²) in [7, 11) is 1.35. The normalized spacial score (nSPS) is 28.6. The molecule has 1 aromatic heterocycles. The third kappa shape index (κ3) is 2.39. The van der Waals surface area contributed by atoms with Gasteiger partial charge in [-0.2, -0.15) is 0 Å². The van der Waals surface area contributed by atoms with Crippen LogP contribution in [0, 0.1) is 6.92 Å². The van der Waals surface area contributed by atoms with Crippen LogP contribution in [0.2, 0.25) is 0 Å². The van der Waals surface area contributed by atoms with Crippen LogP contribution in [0.3, 0.4) is 0 Å². The molecule has 2 rings (SSSR count). The van der Waals surface area contributed by atoms with Crippen LogP contribution in [-0.4, -0.2) is 51.0 Å². The number of carbonyl (C=O) groups is 1. The minimum absolute atomic E-state index is 0.0701. The Balaban J connectivity index is 2.42. The van der Waals surface area contributed by atoms with Gasteiger partial charge in [0.25, 0.3) is 11.5 Å². The topological polar surface area (TPSA) is 134 Å². The number of aryl methyl sites for hydroxylation is 1. The fourth-order valence-electron chi connectivity index (χ4n) is 2.35. The van der Waals surface area contributed by atoms with Crippen molar-refractivity contribution in [3.05, 3.63) is 32.6 Å². The second kappa shape index (κ2) is 5.43. The van der Waals surface area contributed by atoms with Gasteiger partial charge in [0.1, 0.15) is 6.23 Å². The molecule has 116 valence electrons. The number of rotatable bonds is 3. The highest BCUT2D eigenvalue weighted by molar-refractivity contribution is 5.86. The van der Waals surface area contributed by atoms with Gasteiger partial charge in [0.15, 0.2) is 5.60 Å². The predicted octanol–water partition coefficient (Wildman–Crippen LogP) is -2.40. The number of hydrogen-bond acceptors (Lipinski definition) is 6. The minimum atomic E-state index is -1.83. The molecule has 0 spiro atoms. The molecule has 1 aliphatic rings. The molecule has 2 heterocycles. The molecule has 1 aromatic rings. The van der Waals surface area contributed by atoms with E-state index >= 15 is 0 Å². The number of aliphatic hydroxyl groups is 2. The molecule has 9 heteroatoms. The number of H-pyrrole nitrogens is 1. The summed E-state index contributed by atoms with van der Waals surface area (Å²) in [4.78, 5) is 37.1. The fourth-order valence-corrected chi connectivity index (χ4v) is 2.35. The second-order valence-electron chi connectivity index (χ2n) is 4.93. The Morgan fingerprint density at radius 2 is 2.29 bits per heavy atom. The van der Waals surface area contributed by atoms with Gasteiger partial charge < -0.3 is 20.3 Å². The second-order valence-corrected chi connectivity index (χ2v) is 4.93. The average Bonchev–Trinajstić information content (AvgIpc) is 2.79. The Morgan fingerprint density at radius 1 is 1.62 bits per heavy atom. The molecular formula is C12H17N3O6. The molecule has 1 fully saturated rings. The Morgan fingerprint density at radius 3 is 2.86 bits per heavy atom. The summed E-state index contributed by atoms with van der Waals surface area (Å²) in [5.41, 5.74) is -2.78. The van der Waals surface area contributed by atoms with Crippen LogP contribution in [0.25, 0.3) is 0 Å². The third-order valence-corrected chi connectivity index (χ3v) is 3.61. The smallest absolute Gasteiger partial charge is 0.330 e. The van der Waals surface area contributed by atoms with Crippen molar-refractivity contribution in [1.82, 2.24) is 14.9 Å². The first-order chi connectivity index (χ1) is 9.85. The van der Waals surface area contributed by atoms with Crippen molar-refractivity contribution >= 4 is 5.91 Å². The summed E-state index contributed by atoms with van der Waals surface area (Å²) in [5, 5.41) is 21.8. The summed E-state index contributed by atoms with van der Waals surface area (Å²) < 4.78 is 6.54. The Hall–Kier alpha value is -1.97. The first kappa shape index (κ1) is 15.4. The van der Waals surface area contributed by atoms with Crippen molar-refractivity contribution in [3.8, 4) is 0 Å². The molecule has 0 aliphatic carbocycles. The lowest BCUT2D eigenvalue weighted by atomic mass is 9.97. The zero-order valence-electron chi connectivity index (χ0n) is 11.6. The van der Waals surface area contributed by atoms with Crippen LogP contribution in [0.4, 0.5) is 0 Å². The van der Waals surface area contributed by atoms with Gasteiger partial charge in [-0.25, -0.2) is 4.79 Å². The Bertz CT molecular complexity index is 666. The largest absolute Gasteiger partial charge is 0.393 e. The third-order valence-electron chi connectivity index (χ3n) is 3.61. The van der Waals surface area contributed by atoms with Gasteiger partial charge in [0.2, 0.25) is 0 Å². The summed E-state index contributed by atoms with van der Waals surface area (Å²) in [6.07, 6.45) is -1.03. The highest BCUT2D eigenvalue weighted by Gasteiger charge is 2.54. The van der Waals surface area contributed by atoms with E-state index in [1.165, 1.54) is 20.2 Å². The maximum absolute atomic E-state index is 11.9. The molecular weight excluding hydrogens is 282 g/mol. The van der Waals surface area contributed by atoms with Crippen molar-refractivity contribution in [2.75, 3.05) is 13.7 Å². The fraction of sp³-hybridized carbons (Fsp3) is 0.583. The van der Waals surface area contributed by atoms with Gasteiger partial charge in [-0.05, 0) is 6.92 Å². The van der Waals surface area contributed by atoms with Crippen molar-refractivity contribution in [2.45, 2.75) is 31.3 Å². The molecule has 4 N–H and O–H groups in total. The first-order valence-corrected chi connectivity index (χ1v) is 6.36. The van der Waals surface area contributed by atoms with E-state index in [4.69, 9.17) is 4.74 Å². The zero-order valence-corrected chi connectivity index (χ0v) is 11.6. The number of nitrogens with zero attached hydrogens (tertiary/aromatic N) is 1. The van der Waals surface area contributed by atoms with E-state index in [0.717, 1.165) is 4.57 Å². The standard InChI is InChI=1S/C12H17N3O6/c1-6-4-15(11(20)14-9(6)18)8-3-7(17)12(5-16,21-8)10(19)13-2/h4,7-8,16-17H,3,5H2,1-2H3,(H,13,19)(H,14,18,20)/t7?,8-,12-/m1/s1. The monoisotopic (exact) mass is 299 g/mol. The van der Waals surface area contributed by atoms with Gasteiger partial charge in [0, 0.05) is 25.2 Å². The van der Waals surface area contributed by atoms with Gasteiger partial charge in [-0.15, -0.1) is 0 Å². The lowest BCUT2D eigenvalue weighted by molar-refractivity contribution is -0.166. The maximum atomic E-state index is 11.9. The number of nitrogens with one attached hydrogen (secondary N) is 2. The van der Waals surface area contributed by atoms with Crippen LogP contribution < -0.4 is 16.6 Å².